The summed E-state index contributed by atoms with van der Waals surface area (Å²) in [6, 6.07) is 0. The van der Waals surface area contributed by atoms with Gasteiger partial charge in [0.15, 0.2) is 0 Å². The summed E-state index contributed by atoms with van der Waals surface area (Å²) in [5, 5.41) is 7.00. The van der Waals surface area contributed by atoms with Crippen molar-refractivity contribution in [3.8, 4) is 0 Å². The summed E-state index contributed by atoms with van der Waals surface area (Å²) in [6.07, 6.45) is 0. The molecule has 0 aromatic rings. The van der Waals surface area contributed by atoms with Crippen molar-refractivity contribution in [2.45, 2.75) is 0 Å². The lowest BCUT2D eigenvalue weighted by Gasteiger charge is -1.21. The summed E-state index contributed by atoms with van der Waals surface area (Å²) in [7, 11) is 1.50. The van der Waals surface area contributed by atoms with Crippen LogP contribution in [0.2, 0.25) is 0 Å². The number of rotatable bonds is 0. The molecule has 0 aliphatic rings. The van der Waals surface area contributed by atoms with E-state index in [-0.39, 0.29) is 0 Å². The van der Waals surface area contributed by atoms with Crippen LogP contribution < -0.4 is 0 Å². The zero-order valence-corrected chi connectivity index (χ0v) is 2.83. The van der Waals surface area contributed by atoms with Crippen LogP contribution in [0.15, 0.2) is 0 Å². The summed E-state index contributed by atoms with van der Waals surface area (Å²) >= 11 is 0. The maximum absolute atomic E-state index is 9.50. The SMILES string of the molecule is CF.CO. The summed E-state index contributed by atoms with van der Waals surface area (Å²) in [5.74, 6) is 0. The van der Waals surface area contributed by atoms with Crippen LogP contribution in [0.1, 0.15) is 0 Å². The van der Waals surface area contributed by atoms with Gasteiger partial charge in [-0.25, -0.2) is 0 Å². The van der Waals surface area contributed by atoms with Crippen LogP contribution in [0, 0.1) is 0 Å². The highest BCUT2D eigenvalue weighted by Gasteiger charge is 0.926. The highest BCUT2D eigenvalue weighted by atomic mass is 19.1. The van der Waals surface area contributed by atoms with Crippen molar-refractivity contribution < 1.29 is 9.50 Å². The molecule has 0 atom stereocenters. The van der Waals surface area contributed by atoms with Crippen LogP contribution >= 0.6 is 0 Å². The Morgan fingerprint density at radius 2 is 1.25 bits per heavy atom. The Kier molecular flexibility index (Phi) is 1940. The van der Waals surface area contributed by atoms with E-state index < -0.39 is 0 Å². The molecule has 28 valence electrons. The predicted octanol–water partition coefficient (Wildman–Crippen LogP) is 0.194. The maximum atomic E-state index is 9.50. The van der Waals surface area contributed by atoms with Gasteiger partial charge in [-0.3, -0.25) is 4.39 Å². The van der Waals surface area contributed by atoms with Crippen molar-refractivity contribution in [2.24, 2.45) is 0 Å². The van der Waals surface area contributed by atoms with E-state index in [1.165, 1.54) is 0 Å². The van der Waals surface area contributed by atoms with Gasteiger partial charge in [0.05, 0.1) is 7.18 Å². The molecule has 2 heteroatoms. The van der Waals surface area contributed by atoms with Gasteiger partial charge in [0.2, 0.25) is 0 Å². The van der Waals surface area contributed by atoms with Crippen molar-refractivity contribution in [3.05, 3.63) is 0 Å². The van der Waals surface area contributed by atoms with Gasteiger partial charge in [0.25, 0.3) is 0 Å². The third-order valence-electron chi connectivity index (χ3n) is 0. The first kappa shape index (κ1) is 9.10. The molecule has 0 aliphatic heterocycles. The fraction of sp³-hybridized carbons (Fsp3) is 1.00. The van der Waals surface area contributed by atoms with Gasteiger partial charge in [-0.05, 0) is 0 Å². The monoisotopic (exact) mass is 66.0 g/mol. The highest BCUT2D eigenvalue weighted by molar-refractivity contribution is 3.23. The van der Waals surface area contributed by atoms with Gasteiger partial charge < -0.3 is 5.11 Å². The van der Waals surface area contributed by atoms with Crippen LogP contribution in [-0.2, 0) is 0 Å². The lowest BCUT2D eigenvalue weighted by Crippen LogP contribution is -1.25. The van der Waals surface area contributed by atoms with Crippen molar-refractivity contribution >= 4 is 0 Å². The minimum atomic E-state index is 0.500. The summed E-state index contributed by atoms with van der Waals surface area (Å²) in [6.45, 7) is 0. The van der Waals surface area contributed by atoms with Gasteiger partial charge in [0.1, 0.15) is 0 Å². The van der Waals surface area contributed by atoms with Crippen molar-refractivity contribution in [2.75, 3.05) is 14.3 Å². The minimum absolute atomic E-state index is 0.500. The summed E-state index contributed by atoms with van der Waals surface area (Å²) in [4.78, 5) is 0. The molecule has 0 radical (unpaired) electrons. The lowest BCUT2D eigenvalue weighted by atomic mass is 11.8. The second kappa shape index (κ2) is 853. The first-order chi connectivity index (χ1) is 2.00. The normalized spacial score (nSPS) is 3.00. The van der Waals surface area contributed by atoms with Gasteiger partial charge in [-0.2, -0.15) is 0 Å². The molecule has 0 rings (SSSR count). The molecule has 0 bridgehead atoms. The molecule has 0 fully saturated rings. The van der Waals surface area contributed by atoms with Crippen LogP contribution in [0.3, 0.4) is 0 Å². The van der Waals surface area contributed by atoms with Crippen molar-refractivity contribution in [1.82, 2.24) is 0 Å². The molecule has 0 unspecified atom stereocenters. The Morgan fingerprint density at radius 3 is 1.25 bits per heavy atom. The first-order valence-electron chi connectivity index (χ1n) is 0.825. The number of aliphatic hydroxyl groups excluding tert-OH is 1. The molecule has 0 saturated heterocycles. The zero-order chi connectivity index (χ0) is 4.00. The van der Waals surface area contributed by atoms with E-state index in [1.807, 2.05) is 0 Å². The third kappa shape index (κ3) is 124. The number of hydrogen-bond donors (Lipinski definition) is 1. The van der Waals surface area contributed by atoms with Crippen LogP contribution in [0.5, 0.6) is 0 Å². The van der Waals surface area contributed by atoms with E-state index in [0.717, 1.165) is 7.11 Å². The average Bonchev–Trinajstić information content (AvgIpc) is 1.50. The Bertz CT molecular complexity index is 6.00. The third-order valence-corrected chi connectivity index (χ3v) is 0. The Morgan fingerprint density at radius 1 is 1.25 bits per heavy atom. The molecule has 1 N–H and O–H groups in total. The van der Waals surface area contributed by atoms with Gasteiger partial charge >= 0.3 is 0 Å². The molecular weight excluding hydrogens is 59.0 g/mol. The largest absolute Gasteiger partial charge is 0.400 e. The van der Waals surface area contributed by atoms with E-state index in [9.17, 15) is 4.39 Å². The molecule has 0 amide bonds. The van der Waals surface area contributed by atoms with E-state index in [4.69, 9.17) is 5.11 Å². The van der Waals surface area contributed by atoms with E-state index in [1.54, 1.807) is 0 Å². The number of halogens is 1. The lowest BCUT2D eigenvalue weighted by molar-refractivity contribution is 0.399. The first-order valence-corrected chi connectivity index (χ1v) is 0.825. The van der Waals surface area contributed by atoms with Crippen LogP contribution in [0.4, 0.5) is 4.39 Å². The average molecular weight is 66.1 g/mol. The topological polar surface area (TPSA) is 20.2 Å². The van der Waals surface area contributed by atoms with Crippen molar-refractivity contribution in [1.29, 1.82) is 0 Å². The van der Waals surface area contributed by atoms with E-state index in [0.29, 0.717) is 7.18 Å². The molecular formula is C2H7FO. The smallest absolute Gasteiger partial charge is 0.0785 e. The second-order valence-corrected chi connectivity index (χ2v) is 0. The minimum Gasteiger partial charge on any atom is -0.400 e. The molecule has 0 aromatic carbocycles. The molecule has 1 nitrogen and oxygen atoms in total. The number of hydrogen-bond acceptors (Lipinski definition) is 1. The van der Waals surface area contributed by atoms with Gasteiger partial charge in [-0.1, -0.05) is 0 Å². The molecule has 0 spiro atoms. The Balaban J connectivity index is 0. The van der Waals surface area contributed by atoms with E-state index in [2.05, 4.69) is 0 Å². The van der Waals surface area contributed by atoms with Gasteiger partial charge in [0, 0.05) is 7.11 Å². The fourth-order valence-corrected chi connectivity index (χ4v) is 0. The quantitative estimate of drug-likeness (QED) is 0.428. The second-order valence-electron chi connectivity index (χ2n) is 0. The zero-order valence-electron chi connectivity index (χ0n) is 2.83. The predicted molar refractivity (Wildman–Crippen MR) is 15.2 cm³/mol. The van der Waals surface area contributed by atoms with Gasteiger partial charge in [-0.15, -0.1) is 0 Å². The van der Waals surface area contributed by atoms with Crippen LogP contribution in [-0.4, -0.2) is 19.4 Å². The molecule has 0 aromatic heterocycles. The summed E-state index contributed by atoms with van der Waals surface area (Å²) < 4.78 is 9.50. The van der Waals surface area contributed by atoms with E-state index >= 15 is 0 Å². The molecule has 0 heterocycles. The Labute approximate surface area is 25.1 Å². The van der Waals surface area contributed by atoms with Crippen molar-refractivity contribution in [3.63, 3.8) is 0 Å². The molecule has 0 aliphatic carbocycles. The Hall–Kier alpha value is -0.110. The standard InChI is InChI=1S/CH3F.CH4O/c2*1-2/h1H3;2H,1H3. The highest BCUT2D eigenvalue weighted by Crippen LogP contribution is 1.16. The summed E-state index contributed by atoms with van der Waals surface area (Å²) in [5.41, 5.74) is 0. The molecule has 4 heavy (non-hydrogen) atoms. The number of alkyl halides is 1. The fourth-order valence-electron chi connectivity index (χ4n) is 0. The molecule has 0 saturated carbocycles. The number of aliphatic hydroxyl groups is 1. The van der Waals surface area contributed by atoms with Crippen LogP contribution in [0.25, 0.3) is 0 Å². The maximum Gasteiger partial charge on any atom is 0.0785 e.